The molecule has 6 rings (SSSR count). The molecule has 0 spiro atoms. The summed E-state index contributed by atoms with van der Waals surface area (Å²) in [6.07, 6.45) is 1.98. The van der Waals surface area contributed by atoms with Crippen LogP contribution in [-0.2, 0) is 37.0 Å². The molecule has 4 heterocycles. The van der Waals surface area contributed by atoms with Crippen molar-refractivity contribution in [1.82, 2.24) is 9.55 Å². The number of anilines is 1. The molecule has 15 heteroatoms. The predicted octanol–water partition coefficient (Wildman–Crippen LogP) is 4.29. The van der Waals surface area contributed by atoms with E-state index in [9.17, 15) is 32.8 Å². The van der Waals surface area contributed by atoms with Crippen LogP contribution in [0.5, 0.6) is 0 Å². The number of thioether (sulfide) groups is 1. The van der Waals surface area contributed by atoms with E-state index in [0.29, 0.717) is 57.9 Å². The van der Waals surface area contributed by atoms with Crippen molar-refractivity contribution in [3.63, 3.8) is 0 Å². The molecule has 3 aliphatic rings. The quantitative estimate of drug-likeness (QED) is 0.158. The van der Waals surface area contributed by atoms with Crippen LogP contribution in [0.25, 0.3) is 10.8 Å². The van der Waals surface area contributed by atoms with Crippen molar-refractivity contribution in [2.45, 2.75) is 61.9 Å². The second kappa shape index (κ2) is 13.1. The highest BCUT2D eigenvalue weighted by Gasteiger charge is 2.73. The van der Waals surface area contributed by atoms with Crippen LogP contribution in [0.15, 0.2) is 52.4 Å². The van der Waals surface area contributed by atoms with Crippen LogP contribution in [0, 0.1) is 35.5 Å². The van der Waals surface area contributed by atoms with Crippen molar-refractivity contribution >= 4 is 46.0 Å². The lowest BCUT2D eigenvalue weighted by Gasteiger charge is -2.31. The molecule has 4 atom stereocenters. The number of carbonyl (C=O) groups excluding carboxylic acids is 2. The van der Waals surface area contributed by atoms with E-state index in [1.54, 1.807) is 16.7 Å². The summed E-state index contributed by atoms with van der Waals surface area (Å²) >= 11 is 1.29. The third kappa shape index (κ3) is 6.05. The van der Waals surface area contributed by atoms with E-state index in [0.717, 1.165) is 0 Å². The Balaban J connectivity index is 0.000000582. The molecule has 1 aromatic heterocycles. The number of ether oxygens (including phenoxy) is 2. The molecule has 1 N–H and O–H groups in total. The summed E-state index contributed by atoms with van der Waals surface area (Å²) in [5.41, 5.74) is -0.464. The largest absolute Gasteiger partial charge is 0.490 e. The Morgan fingerprint density at radius 3 is 2.46 bits per heavy atom. The first-order valence-corrected chi connectivity index (χ1v) is 15.7. The Bertz CT molecular complexity index is 1950. The number of nitrogens with zero attached hydrogens (tertiary/aromatic N) is 4. The van der Waals surface area contributed by atoms with E-state index in [4.69, 9.17) is 25.8 Å². The van der Waals surface area contributed by atoms with Gasteiger partial charge in [-0.25, -0.2) is 14.7 Å². The number of fused-ring (bicyclic) bond motifs is 6. The van der Waals surface area contributed by atoms with Gasteiger partial charge in [-0.1, -0.05) is 41.9 Å². The highest BCUT2D eigenvalue weighted by atomic mass is 32.2. The van der Waals surface area contributed by atoms with Crippen LogP contribution in [-0.4, -0.2) is 62.7 Å². The van der Waals surface area contributed by atoms with Crippen molar-refractivity contribution in [1.29, 1.82) is 5.26 Å². The SMILES string of the molecule is C#CCSc1nc(COC)cc(=O)n1CC[C@]12CC[C@](C)(O1)[C@@H]1C(=O)N(c3ccc(C#N)c4ccccc34)C(=O)[C@@H]12.O=C(O)C(F)(F)F. The highest BCUT2D eigenvalue weighted by Crippen LogP contribution is 2.62. The van der Waals surface area contributed by atoms with E-state index in [1.807, 2.05) is 31.2 Å². The smallest absolute Gasteiger partial charge is 0.475 e. The van der Waals surface area contributed by atoms with Gasteiger partial charge < -0.3 is 14.6 Å². The molecule has 0 unspecified atom stereocenters. The third-order valence-electron chi connectivity index (χ3n) is 8.88. The van der Waals surface area contributed by atoms with Gasteiger partial charge in [0.05, 0.1) is 58.4 Å². The second-order valence-corrected chi connectivity index (χ2v) is 12.7. The zero-order valence-corrected chi connectivity index (χ0v) is 26.6. The van der Waals surface area contributed by atoms with Gasteiger partial charge in [-0.05, 0) is 38.3 Å². The van der Waals surface area contributed by atoms with E-state index in [-0.39, 0.29) is 30.5 Å². The number of terminal acetylenes is 1. The zero-order valence-electron chi connectivity index (χ0n) is 25.7. The Labute approximate surface area is 276 Å². The van der Waals surface area contributed by atoms with Gasteiger partial charge in [0, 0.05) is 30.5 Å². The molecule has 0 aliphatic carbocycles. The highest BCUT2D eigenvalue weighted by molar-refractivity contribution is 7.99. The molecule has 0 saturated carbocycles. The van der Waals surface area contributed by atoms with Crippen LogP contribution in [0.3, 0.4) is 0 Å². The lowest BCUT2D eigenvalue weighted by Crippen LogP contribution is -2.43. The monoisotopic (exact) mass is 682 g/mol. The average molecular weight is 683 g/mol. The summed E-state index contributed by atoms with van der Waals surface area (Å²) in [5, 5.41) is 18.6. The molecule has 3 fully saturated rings. The Hall–Kier alpha value is -4.70. The average Bonchev–Trinajstić information content (AvgIpc) is 3.62. The molecule has 2 bridgehead atoms. The number of alkyl halides is 3. The molecule has 2 aromatic carbocycles. The Morgan fingerprint density at radius 1 is 1.17 bits per heavy atom. The Kier molecular flexibility index (Phi) is 9.43. The van der Waals surface area contributed by atoms with Crippen molar-refractivity contribution in [3.8, 4) is 18.4 Å². The van der Waals surface area contributed by atoms with Gasteiger partial charge in [0.2, 0.25) is 11.8 Å². The fourth-order valence-electron chi connectivity index (χ4n) is 6.90. The number of benzene rings is 2. The normalized spacial score (nSPS) is 24.2. The molecule has 2 amide bonds. The van der Waals surface area contributed by atoms with Gasteiger partial charge in [0.1, 0.15) is 0 Å². The maximum atomic E-state index is 14.2. The zero-order chi connectivity index (χ0) is 35.0. The minimum absolute atomic E-state index is 0.200. The second-order valence-electron chi connectivity index (χ2n) is 11.7. The van der Waals surface area contributed by atoms with E-state index < -0.39 is 35.2 Å². The number of nitriles is 1. The first kappa shape index (κ1) is 34.6. The van der Waals surface area contributed by atoms with Crippen LogP contribution >= 0.6 is 11.8 Å². The maximum absolute atomic E-state index is 14.2. The molecule has 3 aliphatic heterocycles. The van der Waals surface area contributed by atoms with E-state index in [1.165, 1.54) is 29.8 Å². The number of hydrogen-bond acceptors (Lipinski definition) is 9. The topological polar surface area (TPSA) is 152 Å². The number of carboxylic acid groups (broad SMARTS) is 1. The molecule has 11 nitrogen and oxygen atoms in total. The van der Waals surface area contributed by atoms with Gasteiger partial charge in [-0.3, -0.25) is 19.0 Å². The molecule has 3 saturated heterocycles. The number of rotatable bonds is 8. The van der Waals surface area contributed by atoms with Gasteiger partial charge >= 0.3 is 12.1 Å². The molecule has 3 aromatic rings. The molecular weight excluding hydrogens is 653 g/mol. The van der Waals surface area contributed by atoms with Crippen LogP contribution in [0.4, 0.5) is 18.9 Å². The number of carboxylic acids is 1. The minimum Gasteiger partial charge on any atom is -0.475 e. The van der Waals surface area contributed by atoms with Gasteiger partial charge in [0.15, 0.2) is 5.16 Å². The molecule has 48 heavy (non-hydrogen) atoms. The van der Waals surface area contributed by atoms with Crippen LogP contribution in [0.1, 0.15) is 37.4 Å². The van der Waals surface area contributed by atoms with Gasteiger partial charge in [0.25, 0.3) is 5.56 Å². The third-order valence-corrected chi connectivity index (χ3v) is 9.76. The fourth-order valence-corrected chi connectivity index (χ4v) is 7.63. The fraction of sp³-hybridized carbons (Fsp3) is 0.394. The number of carbonyl (C=O) groups is 3. The summed E-state index contributed by atoms with van der Waals surface area (Å²) < 4.78 is 45.1. The van der Waals surface area contributed by atoms with Gasteiger partial charge in [-0.2, -0.15) is 18.4 Å². The Morgan fingerprint density at radius 2 is 1.83 bits per heavy atom. The number of amides is 2. The summed E-state index contributed by atoms with van der Waals surface area (Å²) in [4.78, 5) is 56.1. The summed E-state index contributed by atoms with van der Waals surface area (Å²) in [6, 6.07) is 14.3. The van der Waals surface area contributed by atoms with E-state index >= 15 is 0 Å². The number of methoxy groups -OCH3 is 1. The van der Waals surface area contributed by atoms with Crippen molar-refractivity contribution in [2.75, 3.05) is 17.8 Å². The van der Waals surface area contributed by atoms with Crippen LogP contribution < -0.4 is 10.5 Å². The first-order valence-electron chi connectivity index (χ1n) is 14.7. The first-order chi connectivity index (χ1) is 22.7. The lowest BCUT2D eigenvalue weighted by molar-refractivity contribution is -0.192. The number of halogens is 3. The summed E-state index contributed by atoms with van der Waals surface area (Å²) in [6.45, 7) is 2.37. The lowest BCUT2D eigenvalue weighted by atomic mass is 9.67. The number of hydrogen-bond donors (Lipinski definition) is 1. The standard InChI is InChI=1S/C31H28N4O5S.C2HF3O2/c1-4-15-41-29-33-20(18-39-3)16-24(36)34(29)14-13-31-12-11-30(2,40-31)25-26(31)28(38)35(27(25)37)23-10-9-19(17-32)21-7-5-6-8-22(21)23;3-2(4,5)1(6)7/h1,5-10,16,25-26H,11-15,18H2,2-3H3;(H,6,7)/t25-,26+,30-,31-;/m0./s1. The van der Waals surface area contributed by atoms with Crippen molar-refractivity contribution in [2.24, 2.45) is 11.8 Å². The number of imide groups is 1. The maximum Gasteiger partial charge on any atom is 0.490 e. The van der Waals surface area contributed by atoms with Crippen molar-refractivity contribution < 1.29 is 42.1 Å². The van der Waals surface area contributed by atoms with Crippen molar-refractivity contribution in [3.05, 3.63) is 64.1 Å². The molecule has 0 radical (unpaired) electrons. The number of aliphatic carboxylic acids is 1. The van der Waals surface area contributed by atoms with E-state index in [2.05, 4.69) is 17.0 Å². The predicted molar refractivity (Wildman–Crippen MR) is 167 cm³/mol. The summed E-state index contributed by atoms with van der Waals surface area (Å²) in [5.74, 6) is -1.75. The summed E-state index contributed by atoms with van der Waals surface area (Å²) in [7, 11) is 1.54. The van der Waals surface area contributed by atoms with Gasteiger partial charge in [-0.15, -0.1) is 6.42 Å². The molecule has 250 valence electrons. The van der Waals surface area contributed by atoms with Crippen LogP contribution in [0.2, 0.25) is 0 Å². The molecular formula is C33H29F3N4O7S. The minimum atomic E-state index is -5.08. The number of aromatic nitrogens is 2.